The van der Waals surface area contributed by atoms with E-state index in [0.29, 0.717) is 12.2 Å². The molecule has 0 aliphatic carbocycles. The minimum Gasteiger partial charge on any atom is -0.427 e. The Morgan fingerprint density at radius 2 is 1.07 bits per heavy atom. The Bertz CT molecular complexity index is 459. The van der Waals surface area contributed by atoms with E-state index in [0.717, 1.165) is 12.8 Å². The molecule has 4 heteroatoms. The van der Waals surface area contributed by atoms with E-state index in [1.54, 1.807) is 0 Å². The third-order valence-electron chi connectivity index (χ3n) is 5.06. The van der Waals surface area contributed by atoms with Crippen molar-refractivity contribution in [2.75, 3.05) is 13.2 Å². The van der Waals surface area contributed by atoms with Gasteiger partial charge in [0.05, 0.1) is 13.2 Å². The summed E-state index contributed by atoms with van der Waals surface area (Å²) >= 11 is 0. The largest absolute Gasteiger partial charge is 0.427 e. The predicted octanol–water partition coefficient (Wildman–Crippen LogP) is 6.82. The van der Waals surface area contributed by atoms with Gasteiger partial charge in [-0.15, -0.1) is 0 Å². The van der Waals surface area contributed by atoms with E-state index < -0.39 is 0 Å². The molecule has 0 atom stereocenters. The van der Waals surface area contributed by atoms with Gasteiger partial charge >= 0.3 is 5.97 Å². The normalized spacial score (nSPS) is 10.4. The quantitative estimate of drug-likeness (QED) is 0.155. The lowest BCUT2D eigenvalue weighted by atomic mass is 10.0. The zero-order chi connectivity index (χ0) is 22.1. The van der Waals surface area contributed by atoms with Crippen LogP contribution >= 0.6 is 0 Å². The molecule has 0 aliphatic heterocycles. The maximum absolute atomic E-state index is 11.7. The number of esters is 1. The van der Waals surface area contributed by atoms with Gasteiger partial charge in [0.1, 0.15) is 5.75 Å². The van der Waals surface area contributed by atoms with Gasteiger partial charge in [0.2, 0.25) is 0 Å². The second-order valence-corrected chi connectivity index (χ2v) is 7.93. The molecule has 0 heterocycles. The summed E-state index contributed by atoms with van der Waals surface area (Å²) in [7, 11) is 0. The van der Waals surface area contributed by atoms with Crippen molar-refractivity contribution in [3.8, 4) is 5.75 Å². The topological polar surface area (TPSA) is 66.8 Å². The Hall–Kier alpha value is -1.39. The van der Waals surface area contributed by atoms with Crippen LogP contribution in [0.15, 0.2) is 30.3 Å². The molecule has 0 radical (unpaired) electrons. The fourth-order valence-corrected chi connectivity index (χ4v) is 3.31. The molecule has 2 N–H and O–H groups in total. The molecule has 0 spiro atoms. The first kappa shape index (κ1) is 28.6. The average molecular weight is 423 g/mol. The number of aliphatic hydroxyl groups excluding tert-OH is 2. The summed E-state index contributed by atoms with van der Waals surface area (Å²) < 4.78 is 5.29. The molecule has 1 aromatic rings. The Kier molecular flexibility index (Phi) is 22.8. The molecule has 1 aromatic carbocycles. The highest BCUT2D eigenvalue weighted by molar-refractivity contribution is 5.72. The van der Waals surface area contributed by atoms with Crippen molar-refractivity contribution in [1.29, 1.82) is 0 Å². The van der Waals surface area contributed by atoms with Crippen LogP contribution in [0.25, 0.3) is 0 Å². The van der Waals surface area contributed by atoms with Crippen molar-refractivity contribution in [3.05, 3.63) is 30.3 Å². The first-order valence-corrected chi connectivity index (χ1v) is 12.2. The molecule has 0 saturated heterocycles. The SMILES string of the molecule is CCCCCCCCCCCCCCCCCC(=O)Oc1ccccc1.OCCO. The van der Waals surface area contributed by atoms with Crippen molar-refractivity contribution in [1.82, 2.24) is 0 Å². The molecule has 0 fully saturated rings. The minimum atomic E-state index is -0.125. The van der Waals surface area contributed by atoms with Crippen LogP contribution in [0.1, 0.15) is 110 Å². The molecular weight excluding hydrogens is 376 g/mol. The summed E-state index contributed by atoms with van der Waals surface area (Å²) in [6.45, 7) is 2.03. The molecule has 0 bridgehead atoms. The molecule has 4 nitrogen and oxygen atoms in total. The number of para-hydroxylation sites is 1. The number of carbonyl (C=O) groups is 1. The molecular formula is C26H46O4. The van der Waals surface area contributed by atoms with Crippen LogP contribution in [-0.4, -0.2) is 29.4 Å². The Morgan fingerprint density at radius 3 is 1.47 bits per heavy atom. The van der Waals surface area contributed by atoms with Crippen molar-refractivity contribution < 1.29 is 19.7 Å². The number of rotatable bonds is 18. The van der Waals surface area contributed by atoms with E-state index in [-0.39, 0.29) is 19.2 Å². The van der Waals surface area contributed by atoms with Gasteiger partial charge in [-0.25, -0.2) is 0 Å². The maximum Gasteiger partial charge on any atom is 0.311 e. The van der Waals surface area contributed by atoms with E-state index in [1.807, 2.05) is 30.3 Å². The average Bonchev–Trinajstić information content (AvgIpc) is 2.77. The second kappa shape index (κ2) is 23.9. The van der Waals surface area contributed by atoms with Crippen LogP contribution in [0, 0.1) is 0 Å². The predicted molar refractivity (Wildman–Crippen MR) is 126 cm³/mol. The van der Waals surface area contributed by atoms with E-state index >= 15 is 0 Å². The molecule has 0 amide bonds. The lowest BCUT2D eigenvalue weighted by molar-refractivity contribution is -0.134. The number of carbonyl (C=O) groups excluding carboxylic acids is 1. The number of hydrogen-bond donors (Lipinski definition) is 2. The summed E-state index contributed by atoms with van der Waals surface area (Å²) in [5.74, 6) is 0.546. The van der Waals surface area contributed by atoms with Gasteiger partial charge in [0.15, 0.2) is 0 Å². The molecule has 0 saturated carbocycles. The van der Waals surface area contributed by atoms with Crippen molar-refractivity contribution >= 4 is 5.97 Å². The number of unbranched alkanes of at least 4 members (excludes halogenated alkanes) is 14. The fourth-order valence-electron chi connectivity index (χ4n) is 3.31. The zero-order valence-electron chi connectivity index (χ0n) is 19.3. The third-order valence-corrected chi connectivity index (χ3v) is 5.06. The first-order chi connectivity index (χ1) is 14.7. The lowest BCUT2D eigenvalue weighted by Gasteiger charge is -2.04. The van der Waals surface area contributed by atoms with Crippen LogP contribution < -0.4 is 4.74 Å². The van der Waals surface area contributed by atoms with Gasteiger partial charge in [-0.2, -0.15) is 0 Å². The Labute approximate surface area is 185 Å². The number of ether oxygens (including phenoxy) is 1. The summed E-state index contributed by atoms with van der Waals surface area (Å²) in [5.41, 5.74) is 0. The van der Waals surface area contributed by atoms with Crippen molar-refractivity contribution in [3.63, 3.8) is 0 Å². The van der Waals surface area contributed by atoms with Gasteiger partial charge in [-0.3, -0.25) is 4.79 Å². The van der Waals surface area contributed by atoms with Gasteiger partial charge in [-0.05, 0) is 18.6 Å². The molecule has 1 rings (SSSR count). The Morgan fingerprint density at radius 1 is 0.667 bits per heavy atom. The minimum absolute atomic E-state index is 0.106. The van der Waals surface area contributed by atoms with Crippen molar-refractivity contribution in [2.24, 2.45) is 0 Å². The van der Waals surface area contributed by atoms with Crippen molar-refractivity contribution in [2.45, 2.75) is 110 Å². The first-order valence-electron chi connectivity index (χ1n) is 12.2. The van der Waals surface area contributed by atoms with Crippen LogP contribution in [0.5, 0.6) is 5.75 Å². The highest BCUT2D eigenvalue weighted by Crippen LogP contribution is 2.14. The molecule has 0 unspecified atom stereocenters. The number of aliphatic hydroxyl groups is 2. The number of benzene rings is 1. The van der Waals surface area contributed by atoms with Gasteiger partial charge in [0, 0.05) is 6.42 Å². The summed E-state index contributed by atoms with van der Waals surface area (Å²) in [5, 5.41) is 15.2. The standard InChI is InChI=1S/C24H40O2.C2H6O2/c1-2-3-4-5-6-7-8-9-10-11-12-13-14-15-19-22-24(25)26-23-20-17-16-18-21-23;3-1-2-4/h16-18,20-21H,2-15,19,22H2,1H3;3-4H,1-2H2. The van der Waals surface area contributed by atoms with Gasteiger partial charge < -0.3 is 14.9 Å². The maximum atomic E-state index is 11.7. The monoisotopic (exact) mass is 422 g/mol. The summed E-state index contributed by atoms with van der Waals surface area (Å²) in [6.07, 6.45) is 20.7. The van der Waals surface area contributed by atoms with E-state index in [9.17, 15) is 4.79 Å². The van der Waals surface area contributed by atoms with Crippen LogP contribution in [-0.2, 0) is 4.79 Å². The van der Waals surface area contributed by atoms with E-state index in [2.05, 4.69) is 6.92 Å². The summed E-state index contributed by atoms with van der Waals surface area (Å²) in [6, 6.07) is 9.34. The molecule has 0 aliphatic rings. The second-order valence-electron chi connectivity index (χ2n) is 7.93. The van der Waals surface area contributed by atoms with Crippen LogP contribution in [0.3, 0.4) is 0 Å². The summed E-state index contributed by atoms with van der Waals surface area (Å²) in [4.78, 5) is 11.7. The smallest absolute Gasteiger partial charge is 0.311 e. The molecule has 30 heavy (non-hydrogen) atoms. The number of hydrogen-bond acceptors (Lipinski definition) is 4. The highest BCUT2D eigenvalue weighted by Gasteiger charge is 2.03. The van der Waals surface area contributed by atoms with E-state index in [1.165, 1.54) is 83.5 Å². The van der Waals surface area contributed by atoms with Gasteiger partial charge in [0.25, 0.3) is 0 Å². The Balaban J connectivity index is 0.00000192. The fraction of sp³-hybridized carbons (Fsp3) is 0.731. The lowest BCUT2D eigenvalue weighted by Crippen LogP contribution is -2.07. The van der Waals surface area contributed by atoms with Crippen LogP contribution in [0.4, 0.5) is 0 Å². The molecule has 174 valence electrons. The van der Waals surface area contributed by atoms with E-state index in [4.69, 9.17) is 14.9 Å². The van der Waals surface area contributed by atoms with Gasteiger partial charge in [-0.1, -0.05) is 115 Å². The third kappa shape index (κ3) is 21.3. The highest BCUT2D eigenvalue weighted by atomic mass is 16.5. The molecule has 0 aromatic heterocycles. The van der Waals surface area contributed by atoms with Crippen LogP contribution in [0.2, 0.25) is 0 Å². The zero-order valence-corrected chi connectivity index (χ0v) is 19.3.